The number of benzene rings is 1. The third-order valence-corrected chi connectivity index (χ3v) is 5.42. The van der Waals surface area contributed by atoms with E-state index in [1.807, 2.05) is 24.4 Å². The number of hydrogen-bond acceptors (Lipinski definition) is 6. The van der Waals surface area contributed by atoms with Crippen molar-refractivity contribution in [2.45, 2.75) is 25.5 Å². The number of hydrogen-bond donors (Lipinski definition) is 2. The molecule has 1 aliphatic rings. The Morgan fingerprint density at radius 2 is 2.30 bits per heavy atom. The largest absolute Gasteiger partial charge is 0.391 e. The molecule has 0 bridgehead atoms. The topological polar surface area (TPSA) is 74.6 Å². The van der Waals surface area contributed by atoms with Gasteiger partial charge in [0.25, 0.3) is 0 Å². The highest BCUT2D eigenvalue weighted by Crippen LogP contribution is 2.39. The average molecular weight is 325 g/mol. The Balaban J connectivity index is 1.73. The second-order valence-electron chi connectivity index (χ2n) is 5.63. The first kappa shape index (κ1) is 14.3. The second kappa shape index (κ2) is 5.72. The molecule has 0 aliphatic heterocycles. The van der Waals surface area contributed by atoms with E-state index in [-0.39, 0.29) is 12.6 Å². The Labute approximate surface area is 137 Å². The van der Waals surface area contributed by atoms with Gasteiger partial charge in [-0.3, -0.25) is 4.98 Å². The maximum Gasteiger partial charge on any atom is 0.117 e. The summed E-state index contributed by atoms with van der Waals surface area (Å²) in [6, 6.07) is 7.76. The Morgan fingerprint density at radius 1 is 1.39 bits per heavy atom. The van der Waals surface area contributed by atoms with Gasteiger partial charge in [0, 0.05) is 23.5 Å². The van der Waals surface area contributed by atoms with Crippen LogP contribution in [-0.2, 0) is 13.0 Å². The molecule has 2 aromatic heterocycles. The summed E-state index contributed by atoms with van der Waals surface area (Å²) in [7, 11) is 0. The molecule has 116 valence electrons. The van der Waals surface area contributed by atoms with E-state index in [2.05, 4.69) is 21.5 Å². The van der Waals surface area contributed by atoms with E-state index in [1.165, 1.54) is 5.56 Å². The van der Waals surface area contributed by atoms with Gasteiger partial charge in [0.15, 0.2) is 0 Å². The van der Waals surface area contributed by atoms with E-state index in [0.29, 0.717) is 0 Å². The molecule has 0 saturated carbocycles. The van der Waals surface area contributed by atoms with Crippen LogP contribution in [0.4, 0.5) is 11.4 Å². The molecular formula is C17H15N3O2S. The van der Waals surface area contributed by atoms with Crippen LogP contribution in [0.3, 0.4) is 0 Å². The molecule has 0 spiro atoms. The number of fused-ring (bicyclic) bond motifs is 2. The molecule has 0 fully saturated rings. The van der Waals surface area contributed by atoms with Gasteiger partial charge in [-0.25, -0.2) is 0 Å². The molecule has 4 rings (SSSR count). The van der Waals surface area contributed by atoms with Gasteiger partial charge in [-0.15, -0.1) is 11.3 Å². The molecule has 3 aromatic rings. The minimum atomic E-state index is -0.208. The number of aromatic nitrogens is 1. The van der Waals surface area contributed by atoms with Gasteiger partial charge in [-0.05, 0) is 42.2 Å². The maximum absolute atomic E-state index is 10.8. The van der Waals surface area contributed by atoms with Gasteiger partial charge in [-0.1, -0.05) is 11.2 Å². The third kappa shape index (κ3) is 2.40. The zero-order chi connectivity index (χ0) is 15.8. The summed E-state index contributed by atoms with van der Waals surface area (Å²) in [5, 5.41) is 17.3. The first-order valence-corrected chi connectivity index (χ1v) is 8.30. The number of nitrogens with one attached hydrogen (secondary N) is 1. The Kier molecular flexibility index (Phi) is 3.55. The highest BCUT2D eigenvalue weighted by molar-refractivity contribution is 7.19. The number of rotatable bonds is 4. The van der Waals surface area contributed by atoms with Crippen LogP contribution in [0.2, 0.25) is 0 Å². The zero-order valence-corrected chi connectivity index (χ0v) is 13.1. The fourth-order valence-electron chi connectivity index (χ4n) is 3.18. The molecule has 0 saturated heterocycles. The van der Waals surface area contributed by atoms with Crippen LogP contribution in [0.15, 0.2) is 41.8 Å². The van der Waals surface area contributed by atoms with Crippen LogP contribution < -0.4 is 5.32 Å². The summed E-state index contributed by atoms with van der Waals surface area (Å²) < 4.78 is 1.05. The average Bonchev–Trinajstić information content (AvgIpc) is 3.16. The van der Waals surface area contributed by atoms with Gasteiger partial charge in [-0.2, -0.15) is 4.91 Å². The number of thiophene rings is 1. The normalized spacial score (nSPS) is 16.5. The fourth-order valence-corrected chi connectivity index (χ4v) is 4.16. The number of nitroso groups, excluding NO2 is 1. The molecule has 0 radical (unpaired) electrons. The van der Waals surface area contributed by atoms with Crippen LogP contribution in [0, 0.1) is 4.91 Å². The first-order valence-electron chi connectivity index (χ1n) is 7.48. The lowest BCUT2D eigenvalue weighted by Crippen LogP contribution is -1.95. The lowest BCUT2D eigenvalue weighted by Gasteiger charge is -2.10. The predicted molar refractivity (Wildman–Crippen MR) is 92.1 cm³/mol. The van der Waals surface area contributed by atoms with Crippen LogP contribution in [0.5, 0.6) is 0 Å². The van der Waals surface area contributed by atoms with Crippen LogP contribution in [0.1, 0.15) is 28.5 Å². The number of aryl methyl sites for hydroxylation is 1. The van der Waals surface area contributed by atoms with Gasteiger partial charge in [0.2, 0.25) is 0 Å². The maximum atomic E-state index is 10.8. The molecule has 1 aromatic carbocycles. The minimum absolute atomic E-state index is 0.0102. The molecule has 6 heteroatoms. The number of nitrogens with zero attached hydrogens (tertiary/aromatic N) is 2. The quantitative estimate of drug-likeness (QED) is 0.702. The minimum Gasteiger partial charge on any atom is -0.391 e. The lowest BCUT2D eigenvalue weighted by atomic mass is 10.1. The highest BCUT2D eigenvalue weighted by Gasteiger charge is 2.23. The van der Waals surface area contributed by atoms with Crippen molar-refractivity contribution in [1.29, 1.82) is 0 Å². The summed E-state index contributed by atoms with van der Waals surface area (Å²) in [5.41, 5.74) is 4.10. The summed E-state index contributed by atoms with van der Waals surface area (Å²) in [5.74, 6) is 0. The van der Waals surface area contributed by atoms with E-state index in [0.717, 1.165) is 44.7 Å². The van der Waals surface area contributed by atoms with Crippen molar-refractivity contribution in [3.63, 3.8) is 0 Å². The molecule has 2 N–H and O–H groups in total. The monoisotopic (exact) mass is 325 g/mol. The van der Waals surface area contributed by atoms with E-state index in [9.17, 15) is 10.0 Å². The molecule has 23 heavy (non-hydrogen) atoms. The molecule has 1 aliphatic carbocycles. The van der Waals surface area contributed by atoms with Crippen molar-refractivity contribution in [2.75, 3.05) is 5.32 Å². The Hall–Kier alpha value is -2.31. The summed E-state index contributed by atoms with van der Waals surface area (Å²) >= 11 is 1.54. The van der Waals surface area contributed by atoms with Crippen molar-refractivity contribution < 1.29 is 5.11 Å². The lowest BCUT2D eigenvalue weighted by molar-refractivity contribution is 0.286. The number of aliphatic hydroxyl groups excluding tert-OH is 1. The van der Waals surface area contributed by atoms with E-state index in [1.54, 1.807) is 17.5 Å². The SMILES string of the molecule is O=NC1CCc2cc(Nc3c(CO)sc4cnccc34)ccc21. The van der Waals surface area contributed by atoms with Crippen molar-refractivity contribution in [1.82, 2.24) is 4.98 Å². The standard InChI is InChI=1S/C17H15N3O2S/c21-9-16-17(13-5-6-18-8-15(13)23-16)19-11-2-3-12-10(7-11)1-4-14(12)20-22/h2-3,5-8,14,19,21H,1,4,9H2. The van der Waals surface area contributed by atoms with Crippen molar-refractivity contribution in [3.8, 4) is 0 Å². The van der Waals surface area contributed by atoms with Crippen molar-refractivity contribution in [2.24, 2.45) is 5.18 Å². The summed E-state index contributed by atoms with van der Waals surface area (Å²) in [4.78, 5) is 15.9. The molecule has 1 unspecified atom stereocenters. The second-order valence-corrected chi connectivity index (χ2v) is 6.77. The number of anilines is 2. The van der Waals surface area contributed by atoms with Crippen LogP contribution in [-0.4, -0.2) is 10.1 Å². The molecule has 0 amide bonds. The van der Waals surface area contributed by atoms with E-state index >= 15 is 0 Å². The third-order valence-electron chi connectivity index (χ3n) is 4.30. The molecule has 5 nitrogen and oxygen atoms in total. The smallest absolute Gasteiger partial charge is 0.117 e. The van der Waals surface area contributed by atoms with Crippen LogP contribution in [0.25, 0.3) is 10.1 Å². The zero-order valence-electron chi connectivity index (χ0n) is 12.3. The van der Waals surface area contributed by atoms with Gasteiger partial charge >= 0.3 is 0 Å². The molecule has 1 atom stereocenters. The fraction of sp³-hybridized carbons (Fsp3) is 0.235. The molecule has 2 heterocycles. The number of aliphatic hydroxyl groups is 1. The van der Waals surface area contributed by atoms with Gasteiger partial charge in [0.05, 0.1) is 21.9 Å². The highest BCUT2D eigenvalue weighted by atomic mass is 32.1. The molecular weight excluding hydrogens is 310 g/mol. The predicted octanol–water partition coefficient (Wildman–Crippen LogP) is 4.29. The first-order chi connectivity index (χ1) is 11.3. The van der Waals surface area contributed by atoms with Crippen molar-refractivity contribution >= 4 is 32.8 Å². The Bertz CT molecular complexity index is 891. The van der Waals surface area contributed by atoms with Gasteiger partial charge < -0.3 is 10.4 Å². The van der Waals surface area contributed by atoms with E-state index < -0.39 is 0 Å². The summed E-state index contributed by atoms with van der Waals surface area (Å²) in [6.45, 7) is -0.0102. The Morgan fingerprint density at radius 3 is 3.13 bits per heavy atom. The van der Waals surface area contributed by atoms with E-state index in [4.69, 9.17) is 0 Å². The number of pyridine rings is 1. The van der Waals surface area contributed by atoms with Crippen molar-refractivity contribution in [3.05, 3.63) is 57.6 Å². The van der Waals surface area contributed by atoms with Gasteiger partial charge in [0.1, 0.15) is 6.04 Å². The van der Waals surface area contributed by atoms with Crippen LogP contribution >= 0.6 is 11.3 Å². The summed E-state index contributed by atoms with van der Waals surface area (Å²) in [6.07, 6.45) is 5.23.